The summed E-state index contributed by atoms with van der Waals surface area (Å²) in [6, 6.07) is 24.3. The van der Waals surface area contributed by atoms with Crippen molar-refractivity contribution in [1.29, 1.82) is 0 Å². The zero-order chi connectivity index (χ0) is 28.3. The molecule has 1 aliphatic heterocycles. The molecule has 41 heavy (non-hydrogen) atoms. The SMILES string of the molecule is COc1ccc(N2CCN(C(c3cc4ccc(C)c(C)c4[nH]c3=O)c3nnnn3CCc3ccccc3)CC2)cc1. The van der Waals surface area contributed by atoms with Gasteiger partial charge in [-0.05, 0) is 83.1 Å². The number of rotatable bonds is 8. The number of aromatic amines is 1. The van der Waals surface area contributed by atoms with Crippen molar-refractivity contribution in [2.75, 3.05) is 38.2 Å². The van der Waals surface area contributed by atoms with Gasteiger partial charge in [0.25, 0.3) is 5.56 Å². The van der Waals surface area contributed by atoms with Crippen LogP contribution >= 0.6 is 0 Å². The van der Waals surface area contributed by atoms with Gasteiger partial charge in [0.05, 0.1) is 12.6 Å². The summed E-state index contributed by atoms with van der Waals surface area (Å²) in [5, 5.41) is 14.0. The molecule has 3 aromatic carbocycles. The van der Waals surface area contributed by atoms with Crippen LogP contribution in [0.5, 0.6) is 5.75 Å². The van der Waals surface area contributed by atoms with E-state index >= 15 is 0 Å². The van der Waals surface area contributed by atoms with Crippen LogP contribution in [0.15, 0.2) is 77.6 Å². The predicted molar refractivity (Wildman–Crippen MR) is 161 cm³/mol. The van der Waals surface area contributed by atoms with Crippen LogP contribution in [0.1, 0.15) is 34.1 Å². The van der Waals surface area contributed by atoms with E-state index < -0.39 is 0 Å². The van der Waals surface area contributed by atoms with Gasteiger partial charge in [-0.2, -0.15) is 0 Å². The molecule has 5 aromatic rings. The molecule has 9 nitrogen and oxygen atoms in total. The van der Waals surface area contributed by atoms with Gasteiger partial charge in [-0.25, -0.2) is 4.68 Å². The van der Waals surface area contributed by atoms with Gasteiger partial charge in [-0.1, -0.05) is 42.5 Å². The molecule has 0 spiro atoms. The number of aromatic nitrogens is 5. The van der Waals surface area contributed by atoms with Crippen LogP contribution in [0.3, 0.4) is 0 Å². The van der Waals surface area contributed by atoms with Crippen molar-refractivity contribution in [3.63, 3.8) is 0 Å². The topological polar surface area (TPSA) is 92.2 Å². The number of pyridine rings is 1. The molecule has 0 amide bonds. The minimum Gasteiger partial charge on any atom is -0.497 e. The third kappa shape index (κ3) is 5.45. The molecule has 2 aromatic heterocycles. The molecule has 1 atom stereocenters. The van der Waals surface area contributed by atoms with Crippen molar-refractivity contribution >= 4 is 16.6 Å². The average molecular weight is 550 g/mol. The Morgan fingerprint density at radius 1 is 0.951 bits per heavy atom. The Morgan fingerprint density at radius 2 is 1.71 bits per heavy atom. The van der Waals surface area contributed by atoms with E-state index in [1.54, 1.807) is 7.11 Å². The molecule has 0 saturated carbocycles. The lowest BCUT2D eigenvalue weighted by atomic mass is 9.99. The molecule has 210 valence electrons. The van der Waals surface area contributed by atoms with Crippen LogP contribution in [0.4, 0.5) is 5.69 Å². The lowest BCUT2D eigenvalue weighted by Crippen LogP contribution is -2.49. The fourth-order valence-electron chi connectivity index (χ4n) is 5.72. The Balaban J connectivity index is 1.34. The summed E-state index contributed by atoms with van der Waals surface area (Å²) in [5.41, 5.74) is 6.05. The quantitative estimate of drug-likeness (QED) is 0.309. The lowest BCUT2D eigenvalue weighted by Gasteiger charge is -2.39. The van der Waals surface area contributed by atoms with Crippen molar-refractivity contribution in [1.82, 2.24) is 30.1 Å². The summed E-state index contributed by atoms with van der Waals surface area (Å²) in [7, 11) is 1.68. The van der Waals surface area contributed by atoms with Gasteiger partial charge in [0.1, 0.15) is 11.8 Å². The van der Waals surface area contributed by atoms with E-state index in [1.165, 1.54) is 5.56 Å². The molecular weight excluding hydrogens is 514 g/mol. The molecule has 1 saturated heterocycles. The Hall–Kier alpha value is -4.50. The number of piperazine rings is 1. The van der Waals surface area contributed by atoms with E-state index in [1.807, 2.05) is 48.0 Å². The highest BCUT2D eigenvalue weighted by Crippen LogP contribution is 2.30. The normalized spacial score (nSPS) is 14.9. The Kier molecular flexibility index (Phi) is 7.52. The number of nitrogens with zero attached hydrogens (tertiary/aromatic N) is 6. The van der Waals surface area contributed by atoms with E-state index in [0.29, 0.717) is 17.9 Å². The zero-order valence-corrected chi connectivity index (χ0v) is 23.7. The lowest BCUT2D eigenvalue weighted by molar-refractivity contribution is 0.199. The number of anilines is 1. The maximum absolute atomic E-state index is 13.7. The van der Waals surface area contributed by atoms with Gasteiger partial charge in [0.2, 0.25) is 0 Å². The first-order valence-corrected chi connectivity index (χ1v) is 14.1. The molecule has 1 N–H and O–H groups in total. The number of aryl methyl sites for hydroxylation is 4. The number of hydrogen-bond donors (Lipinski definition) is 1. The van der Waals surface area contributed by atoms with Crippen LogP contribution in [-0.2, 0) is 13.0 Å². The highest BCUT2D eigenvalue weighted by molar-refractivity contribution is 5.83. The number of H-pyrrole nitrogens is 1. The van der Waals surface area contributed by atoms with Crippen molar-refractivity contribution in [3.05, 3.63) is 111 Å². The first kappa shape index (κ1) is 26.7. The second kappa shape index (κ2) is 11.5. The summed E-state index contributed by atoms with van der Waals surface area (Å²) in [6.07, 6.45) is 0.795. The van der Waals surface area contributed by atoms with Gasteiger partial charge in [-0.3, -0.25) is 9.69 Å². The minimum absolute atomic E-state index is 0.105. The van der Waals surface area contributed by atoms with Gasteiger partial charge < -0.3 is 14.6 Å². The Labute approximate surface area is 239 Å². The van der Waals surface area contributed by atoms with E-state index in [4.69, 9.17) is 4.74 Å². The van der Waals surface area contributed by atoms with Crippen molar-refractivity contribution in [3.8, 4) is 5.75 Å². The average Bonchev–Trinajstić information content (AvgIpc) is 3.48. The van der Waals surface area contributed by atoms with Crippen molar-refractivity contribution in [2.45, 2.75) is 32.9 Å². The zero-order valence-electron chi connectivity index (χ0n) is 23.7. The predicted octanol–water partition coefficient (Wildman–Crippen LogP) is 4.29. The molecule has 1 unspecified atom stereocenters. The van der Waals surface area contributed by atoms with Gasteiger partial charge in [0.15, 0.2) is 5.82 Å². The van der Waals surface area contributed by atoms with Crippen LogP contribution < -0.4 is 15.2 Å². The van der Waals surface area contributed by atoms with Gasteiger partial charge in [0, 0.05) is 44.0 Å². The van der Waals surface area contributed by atoms with E-state index in [-0.39, 0.29) is 11.6 Å². The molecule has 0 radical (unpaired) electrons. The molecule has 3 heterocycles. The van der Waals surface area contributed by atoms with E-state index in [2.05, 4.69) is 73.6 Å². The van der Waals surface area contributed by atoms with Crippen LogP contribution in [0, 0.1) is 13.8 Å². The summed E-state index contributed by atoms with van der Waals surface area (Å²) in [5.74, 6) is 1.53. The van der Waals surface area contributed by atoms with Crippen molar-refractivity contribution in [2.24, 2.45) is 0 Å². The maximum atomic E-state index is 13.7. The Bertz CT molecular complexity index is 1690. The van der Waals surface area contributed by atoms with E-state index in [9.17, 15) is 4.79 Å². The third-order valence-electron chi connectivity index (χ3n) is 8.25. The first-order valence-electron chi connectivity index (χ1n) is 14.1. The standard InChI is InChI=1S/C32H35N7O2/c1-22-9-10-25-21-28(32(40)33-29(25)23(22)2)30(31-34-35-36-39(31)16-15-24-7-5-4-6-8-24)38-19-17-37(18-20-38)26-11-13-27(41-3)14-12-26/h4-14,21,30H,15-20H2,1-3H3,(H,33,40). The highest BCUT2D eigenvalue weighted by Gasteiger charge is 2.33. The molecule has 0 bridgehead atoms. The number of ether oxygens (including phenoxy) is 1. The fraction of sp³-hybridized carbons (Fsp3) is 0.312. The maximum Gasteiger partial charge on any atom is 0.253 e. The van der Waals surface area contributed by atoms with Gasteiger partial charge >= 0.3 is 0 Å². The summed E-state index contributed by atoms with van der Waals surface area (Å²) in [6.45, 7) is 7.88. The van der Waals surface area contributed by atoms with Crippen molar-refractivity contribution < 1.29 is 4.74 Å². The molecule has 0 aliphatic carbocycles. The van der Waals surface area contributed by atoms with Gasteiger partial charge in [-0.15, -0.1) is 5.10 Å². The first-order chi connectivity index (χ1) is 20.0. The molecule has 1 aliphatic rings. The number of tetrazole rings is 1. The number of hydrogen-bond acceptors (Lipinski definition) is 7. The summed E-state index contributed by atoms with van der Waals surface area (Å²) in [4.78, 5) is 21.6. The summed E-state index contributed by atoms with van der Waals surface area (Å²) < 4.78 is 7.19. The van der Waals surface area contributed by atoms with Crippen LogP contribution in [0.25, 0.3) is 10.9 Å². The highest BCUT2D eigenvalue weighted by atomic mass is 16.5. The monoisotopic (exact) mass is 549 g/mol. The number of benzene rings is 3. The Morgan fingerprint density at radius 3 is 2.44 bits per heavy atom. The largest absolute Gasteiger partial charge is 0.497 e. The number of fused-ring (bicyclic) bond motifs is 1. The number of nitrogens with one attached hydrogen (secondary N) is 1. The second-order valence-corrected chi connectivity index (χ2v) is 10.6. The third-order valence-corrected chi connectivity index (χ3v) is 8.25. The summed E-state index contributed by atoms with van der Waals surface area (Å²) >= 11 is 0. The van der Waals surface area contributed by atoms with E-state index in [0.717, 1.165) is 66.1 Å². The molecular formula is C32H35N7O2. The minimum atomic E-state index is -0.381. The second-order valence-electron chi connectivity index (χ2n) is 10.6. The molecule has 9 heteroatoms. The number of methoxy groups -OCH3 is 1. The molecule has 6 rings (SSSR count). The fourth-order valence-corrected chi connectivity index (χ4v) is 5.72. The molecule has 1 fully saturated rings. The van der Waals surface area contributed by atoms with Crippen LogP contribution in [-0.4, -0.2) is 63.4 Å². The smallest absolute Gasteiger partial charge is 0.253 e. The van der Waals surface area contributed by atoms with Crippen LogP contribution in [0.2, 0.25) is 0 Å².